The van der Waals surface area contributed by atoms with E-state index in [1.165, 1.54) is 54.9 Å². The summed E-state index contributed by atoms with van der Waals surface area (Å²) >= 11 is 0. The molecule has 0 spiro atoms. The fourth-order valence-corrected chi connectivity index (χ4v) is 8.77. The predicted octanol–water partition coefficient (Wildman–Crippen LogP) is 16.0. The van der Waals surface area contributed by atoms with E-state index in [2.05, 4.69) is 217 Å². The molecule has 0 bridgehead atoms. The van der Waals surface area contributed by atoms with Crippen molar-refractivity contribution >= 4 is 60.5 Å². The van der Waals surface area contributed by atoms with E-state index in [-0.39, 0.29) is 0 Å². The number of hydrogen-bond acceptors (Lipinski definition) is 2. The molecule has 272 valence electrons. The van der Waals surface area contributed by atoms with Crippen LogP contribution in [-0.2, 0) is 0 Å². The molecule has 0 N–H and O–H groups in total. The van der Waals surface area contributed by atoms with Crippen molar-refractivity contribution in [2.45, 2.75) is 0 Å². The Labute approximate surface area is 337 Å². The lowest BCUT2D eigenvalue weighted by Gasteiger charge is -2.26. The third kappa shape index (κ3) is 5.74. The van der Waals surface area contributed by atoms with Crippen LogP contribution in [0.3, 0.4) is 0 Å². The Morgan fingerprint density at radius 1 is 0.276 bits per heavy atom. The van der Waals surface area contributed by atoms with Crippen LogP contribution in [0.2, 0.25) is 0 Å². The number of nitrogens with zero attached hydrogens (tertiary/aromatic N) is 1. The Morgan fingerprint density at radius 2 is 0.759 bits per heavy atom. The maximum Gasteiger partial charge on any atom is 0.143 e. The van der Waals surface area contributed by atoms with Gasteiger partial charge in [-0.05, 0) is 109 Å². The van der Waals surface area contributed by atoms with Crippen molar-refractivity contribution in [1.29, 1.82) is 0 Å². The Hall–Kier alpha value is -7.68. The summed E-state index contributed by atoms with van der Waals surface area (Å²) in [5.74, 6) is 0. The predicted molar refractivity (Wildman–Crippen MR) is 245 cm³/mol. The Bertz CT molecular complexity index is 3240. The highest BCUT2D eigenvalue weighted by Crippen LogP contribution is 2.46. The number of benzene rings is 10. The summed E-state index contributed by atoms with van der Waals surface area (Å²) < 4.78 is 6.39. The largest absolute Gasteiger partial charge is 0.455 e. The van der Waals surface area contributed by atoms with Gasteiger partial charge in [-0.3, -0.25) is 0 Å². The molecule has 2 nitrogen and oxygen atoms in total. The number of rotatable bonds is 7. The van der Waals surface area contributed by atoms with Crippen molar-refractivity contribution < 1.29 is 4.42 Å². The van der Waals surface area contributed by atoms with Gasteiger partial charge < -0.3 is 9.32 Å². The molecule has 1 aromatic heterocycles. The molecule has 10 aromatic carbocycles. The van der Waals surface area contributed by atoms with Crippen LogP contribution >= 0.6 is 0 Å². The number of para-hydroxylation sites is 3. The summed E-state index contributed by atoms with van der Waals surface area (Å²) in [5.41, 5.74) is 14.6. The third-order valence-corrected chi connectivity index (χ3v) is 11.5. The zero-order valence-corrected chi connectivity index (χ0v) is 31.7. The van der Waals surface area contributed by atoms with Crippen LogP contribution in [0.1, 0.15) is 0 Å². The number of hydrogen-bond donors (Lipinski definition) is 0. The van der Waals surface area contributed by atoms with Crippen LogP contribution in [0, 0.1) is 0 Å². The van der Waals surface area contributed by atoms with E-state index in [1.807, 2.05) is 12.1 Å². The van der Waals surface area contributed by atoms with Crippen LogP contribution in [0.25, 0.3) is 88.0 Å². The first-order chi connectivity index (χ1) is 28.8. The molecule has 0 aliphatic carbocycles. The van der Waals surface area contributed by atoms with Gasteiger partial charge in [0.05, 0.1) is 0 Å². The topological polar surface area (TPSA) is 16.4 Å². The lowest BCUT2D eigenvalue weighted by molar-refractivity contribution is 0.670. The normalized spacial score (nSPS) is 11.4. The van der Waals surface area contributed by atoms with Gasteiger partial charge in [-0.15, -0.1) is 0 Å². The Balaban J connectivity index is 1.01. The summed E-state index contributed by atoms with van der Waals surface area (Å²) in [6, 6.07) is 80.6. The van der Waals surface area contributed by atoms with Crippen molar-refractivity contribution in [3.05, 3.63) is 224 Å². The van der Waals surface area contributed by atoms with Gasteiger partial charge in [-0.2, -0.15) is 0 Å². The molecule has 0 unspecified atom stereocenters. The third-order valence-electron chi connectivity index (χ3n) is 11.5. The second-order valence-electron chi connectivity index (χ2n) is 14.8. The molecule has 0 aliphatic rings. The van der Waals surface area contributed by atoms with Crippen molar-refractivity contribution in [1.82, 2.24) is 0 Å². The highest BCUT2D eigenvalue weighted by atomic mass is 16.3. The zero-order chi connectivity index (χ0) is 38.4. The SMILES string of the molecule is c1ccc(-c2c(-c3ccccc3)c3cc(-c4ccc(N(c5ccccc5)c5ccc(-c6cccc7c6oc6ccccc67)cc5)cc4)ccc3c3ccccc23)cc1. The number of furan rings is 1. The molecule has 2 heteroatoms. The zero-order valence-electron chi connectivity index (χ0n) is 31.7. The van der Waals surface area contributed by atoms with Crippen LogP contribution in [0.4, 0.5) is 17.1 Å². The van der Waals surface area contributed by atoms with Gasteiger partial charge in [0.1, 0.15) is 11.2 Å². The van der Waals surface area contributed by atoms with Gasteiger partial charge in [0, 0.05) is 33.4 Å². The second-order valence-corrected chi connectivity index (χ2v) is 14.8. The molecular formula is C56H37NO. The van der Waals surface area contributed by atoms with Crippen LogP contribution in [-0.4, -0.2) is 0 Å². The number of anilines is 3. The van der Waals surface area contributed by atoms with E-state index in [0.717, 1.165) is 50.1 Å². The van der Waals surface area contributed by atoms with E-state index in [4.69, 9.17) is 4.42 Å². The summed E-state index contributed by atoms with van der Waals surface area (Å²) in [4.78, 5) is 2.32. The fraction of sp³-hybridized carbons (Fsp3) is 0. The summed E-state index contributed by atoms with van der Waals surface area (Å²) in [7, 11) is 0. The maximum atomic E-state index is 6.39. The average molecular weight is 740 g/mol. The smallest absolute Gasteiger partial charge is 0.143 e. The molecule has 58 heavy (non-hydrogen) atoms. The highest BCUT2D eigenvalue weighted by molar-refractivity contribution is 6.22. The Kier molecular flexibility index (Phi) is 8.19. The van der Waals surface area contributed by atoms with E-state index < -0.39 is 0 Å². The quantitative estimate of drug-likeness (QED) is 0.151. The monoisotopic (exact) mass is 739 g/mol. The first-order valence-electron chi connectivity index (χ1n) is 19.8. The van der Waals surface area contributed by atoms with Gasteiger partial charge in [0.15, 0.2) is 0 Å². The minimum atomic E-state index is 0.908. The molecule has 11 aromatic rings. The standard InChI is InChI=1S/C56H37NO/c1-4-15-40(16-5-1)54-50-23-11-10-21-47(50)48-36-31-42(37-52(48)55(54)41-17-6-2-7-18-41)38-27-32-44(33-28-38)57(43-19-8-3-9-20-43)45-34-29-39(30-35-45)46-24-14-25-51-49-22-12-13-26-53(49)58-56(46)51/h1-37H. The average Bonchev–Trinajstić information content (AvgIpc) is 3.69. The molecular weight excluding hydrogens is 703 g/mol. The van der Waals surface area contributed by atoms with Gasteiger partial charge in [-0.25, -0.2) is 0 Å². The van der Waals surface area contributed by atoms with Gasteiger partial charge in [-0.1, -0.05) is 176 Å². The first-order valence-corrected chi connectivity index (χ1v) is 19.8. The van der Waals surface area contributed by atoms with E-state index in [0.29, 0.717) is 0 Å². The molecule has 1 heterocycles. The molecule has 0 atom stereocenters. The fourth-order valence-electron chi connectivity index (χ4n) is 8.77. The van der Waals surface area contributed by atoms with Crippen molar-refractivity contribution in [2.24, 2.45) is 0 Å². The highest BCUT2D eigenvalue weighted by Gasteiger charge is 2.19. The summed E-state index contributed by atoms with van der Waals surface area (Å²) in [6.45, 7) is 0. The molecule has 0 radical (unpaired) electrons. The lowest BCUT2D eigenvalue weighted by atomic mass is 9.84. The molecule has 0 saturated heterocycles. The second kappa shape index (κ2) is 14.1. The molecule has 0 fully saturated rings. The van der Waals surface area contributed by atoms with Crippen LogP contribution < -0.4 is 4.90 Å². The maximum absolute atomic E-state index is 6.39. The number of fused-ring (bicyclic) bond motifs is 6. The summed E-state index contributed by atoms with van der Waals surface area (Å²) in [5, 5.41) is 7.30. The van der Waals surface area contributed by atoms with Crippen molar-refractivity contribution in [3.8, 4) is 44.5 Å². The Morgan fingerprint density at radius 3 is 1.43 bits per heavy atom. The van der Waals surface area contributed by atoms with Crippen molar-refractivity contribution in [2.75, 3.05) is 4.90 Å². The van der Waals surface area contributed by atoms with E-state index in [1.54, 1.807) is 0 Å². The molecule has 11 rings (SSSR count). The van der Waals surface area contributed by atoms with Crippen molar-refractivity contribution in [3.63, 3.8) is 0 Å². The molecule has 0 saturated carbocycles. The minimum absolute atomic E-state index is 0.908. The lowest BCUT2D eigenvalue weighted by Crippen LogP contribution is -2.09. The van der Waals surface area contributed by atoms with E-state index in [9.17, 15) is 0 Å². The van der Waals surface area contributed by atoms with Gasteiger partial charge in [0.25, 0.3) is 0 Å². The van der Waals surface area contributed by atoms with Gasteiger partial charge >= 0.3 is 0 Å². The van der Waals surface area contributed by atoms with Gasteiger partial charge in [0.2, 0.25) is 0 Å². The van der Waals surface area contributed by atoms with Crippen LogP contribution in [0.15, 0.2) is 229 Å². The molecule has 0 amide bonds. The first kappa shape index (κ1) is 33.6. The molecule has 0 aliphatic heterocycles. The minimum Gasteiger partial charge on any atom is -0.455 e. The summed E-state index contributed by atoms with van der Waals surface area (Å²) in [6.07, 6.45) is 0. The van der Waals surface area contributed by atoms with E-state index >= 15 is 0 Å². The van der Waals surface area contributed by atoms with Crippen LogP contribution in [0.5, 0.6) is 0 Å².